The van der Waals surface area contributed by atoms with Crippen molar-refractivity contribution < 1.29 is 0 Å². The van der Waals surface area contributed by atoms with Gasteiger partial charge >= 0.3 is 0 Å². The van der Waals surface area contributed by atoms with E-state index in [0.29, 0.717) is 26.8 Å². The molecule has 0 unspecified atom stereocenters. The minimum absolute atomic E-state index is 0.457. The first-order chi connectivity index (χ1) is 16.0. The van der Waals surface area contributed by atoms with E-state index in [1.807, 2.05) is 24.3 Å². The molecule has 0 aliphatic rings. The molecule has 2 heterocycles. The highest BCUT2D eigenvalue weighted by molar-refractivity contribution is 8.00. The van der Waals surface area contributed by atoms with Crippen molar-refractivity contribution in [2.45, 2.75) is 20.2 Å². The van der Waals surface area contributed by atoms with Crippen molar-refractivity contribution in [2.75, 3.05) is 17.3 Å². The summed E-state index contributed by atoms with van der Waals surface area (Å²) in [6.07, 6.45) is 0. The number of aromatic nitrogens is 4. The fraction of sp³-hybridized carbons (Fsp3) is 0.158. The molecular weight excluding hydrogens is 582 g/mol. The maximum atomic E-state index is 6.06. The molecule has 2 aromatic heterocycles. The molecule has 0 amide bonds. The zero-order valence-electron chi connectivity index (χ0n) is 16.5. The number of anilines is 2. The second-order valence-corrected chi connectivity index (χ2v) is 12.4. The molecule has 0 aliphatic heterocycles. The molecule has 4 aromatic rings. The summed E-state index contributed by atoms with van der Waals surface area (Å²) in [7, 11) is 0. The van der Waals surface area contributed by atoms with E-state index in [1.54, 1.807) is 35.7 Å². The third-order valence-corrected chi connectivity index (χ3v) is 9.63. The third kappa shape index (κ3) is 7.50. The number of nitrogens with zero attached hydrogens (tertiary/aromatic N) is 4. The minimum Gasteiger partial charge on any atom is -0.343 e. The number of rotatable bonds is 10. The van der Waals surface area contributed by atoms with Crippen molar-refractivity contribution in [2.24, 2.45) is 0 Å². The van der Waals surface area contributed by atoms with E-state index in [2.05, 4.69) is 31.0 Å². The van der Waals surface area contributed by atoms with E-state index in [0.717, 1.165) is 41.6 Å². The molecule has 6 nitrogen and oxygen atoms in total. The zero-order valence-corrected chi connectivity index (χ0v) is 22.8. The SMILES string of the molecule is Clc1ccc(CSc2nnc(NCNc3nnc(SCc4ccc(Cl)c(Cl)c4)s3)s2)cc1Cl. The molecule has 0 saturated carbocycles. The molecule has 0 aliphatic carbocycles. The van der Waals surface area contributed by atoms with Crippen molar-refractivity contribution in [1.82, 2.24) is 20.4 Å². The van der Waals surface area contributed by atoms with Crippen molar-refractivity contribution in [3.8, 4) is 0 Å². The number of hydrogen-bond donors (Lipinski definition) is 2. The molecule has 0 spiro atoms. The Morgan fingerprint density at radius 1 is 0.636 bits per heavy atom. The first-order valence-corrected chi connectivity index (χ1v) is 14.4. The summed E-state index contributed by atoms with van der Waals surface area (Å²) in [5.74, 6) is 1.47. The van der Waals surface area contributed by atoms with Crippen LogP contribution in [0.5, 0.6) is 0 Å². The largest absolute Gasteiger partial charge is 0.343 e. The van der Waals surface area contributed by atoms with Crippen LogP contribution in [0, 0.1) is 0 Å². The van der Waals surface area contributed by atoms with Gasteiger partial charge in [-0.05, 0) is 35.4 Å². The summed E-state index contributed by atoms with van der Waals surface area (Å²) in [5, 5.41) is 26.8. The molecular formula is C19H14Cl4N6S4. The Morgan fingerprint density at radius 2 is 1.09 bits per heavy atom. The second kappa shape index (κ2) is 12.1. The molecule has 4 rings (SSSR count). The van der Waals surface area contributed by atoms with Crippen LogP contribution in [0.15, 0.2) is 45.1 Å². The zero-order chi connectivity index (χ0) is 23.2. The third-order valence-electron chi connectivity index (χ3n) is 3.98. The lowest BCUT2D eigenvalue weighted by Crippen LogP contribution is -2.11. The quantitative estimate of drug-likeness (QED) is 0.141. The molecule has 172 valence electrons. The fourth-order valence-corrected chi connectivity index (χ4v) is 6.45. The first-order valence-electron chi connectivity index (χ1n) is 9.24. The smallest absolute Gasteiger partial charge is 0.207 e. The van der Waals surface area contributed by atoms with E-state index >= 15 is 0 Å². The predicted octanol–water partition coefficient (Wildman–Crippen LogP) is 8.07. The van der Waals surface area contributed by atoms with Gasteiger partial charge in [0.15, 0.2) is 8.68 Å². The van der Waals surface area contributed by atoms with Gasteiger partial charge in [0.1, 0.15) is 0 Å². The Kier molecular flexibility index (Phi) is 9.23. The van der Waals surface area contributed by atoms with Gasteiger partial charge in [0.05, 0.1) is 26.8 Å². The van der Waals surface area contributed by atoms with Crippen LogP contribution < -0.4 is 10.6 Å². The summed E-state index contributed by atoms with van der Waals surface area (Å²) in [5.41, 5.74) is 2.15. The standard InChI is InChI=1S/C19H14Cl4N6S4/c20-12-3-1-10(5-14(12)22)7-30-18-28-26-16(32-18)24-9-25-17-27-29-19(33-17)31-8-11-2-4-13(21)15(23)6-11/h1-6H,7-9H2,(H,24,26)(H,25,27). The van der Waals surface area contributed by atoms with Gasteiger partial charge in [-0.3, -0.25) is 0 Å². The van der Waals surface area contributed by atoms with E-state index < -0.39 is 0 Å². The topological polar surface area (TPSA) is 75.6 Å². The highest BCUT2D eigenvalue weighted by atomic mass is 35.5. The Bertz CT molecular complexity index is 1140. The van der Waals surface area contributed by atoms with E-state index in [1.165, 1.54) is 22.7 Å². The number of halogens is 4. The Labute approximate surface area is 226 Å². The lowest BCUT2D eigenvalue weighted by molar-refractivity contribution is 0.990. The maximum absolute atomic E-state index is 6.06. The van der Waals surface area contributed by atoms with Crippen LogP contribution in [0.3, 0.4) is 0 Å². The number of thioether (sulfide) groups is 2. The normalized spacial score (nSPS) is 11.0. The first kappa shape index (κ1) is 25.1. The van der Waals surface area contributed by atoms with Gasteiger partial charge in [-0.1, -0.05) is 105 Å². The average molecular weight is 596 g/mol. The molecule has 0 saturated heterocycles. The monoisotopic (exact) mass is 594 g/mol. The Morgan fingerprint density at radius 3 is 1.52 bits per heavy atom. The number of hydrogen-bond acceptors (Lipinski definition) is 10. The van der Waals surface area contributed by atoms with Gasteiger partial charge in [-0.25, -0.2) is 0 Å². The van der Waals surface area contributed by atoms with Crippen LogP contribution >= 0.6 is 92.6 Å². The van der Waals surface area contributed by atoms with Crippen LogP contribution in [-0.2, 0) is 11.5 Å². The van der Waals surface area contributed by atoms with Gasteiger partial charge in [-0.2, -0.15) is 0 Å². The molecule has 0 bridgehead atoms. The van der Waals surface area contributed by atoms with Crippen LogP contribution in [0.2, 0.25) is 20.1 Å². The average Bonchev–Trinajstić information content (AvgIpc) is 3.45. The van der Waals surface area contributed by atoms with Crippen LogP contribution in [0.25, 0.3) is 0 Å². The molecule has 14 heteroatoms. The summed E-state index contributed by atoms with van der Waals surface area (Å²) < 4.78 is 1.72. The van der Waals surface area contributed by atoms with Crippen molar-refractivity contribution in [3.63, 3.8) is 0 Å². The second-order valence-electron chi connectivity index (χ2n) is 6.35. The lowest BCUT2D eigenvalue weighted by Gasteiger charge is -2.02. The summed E-state index contributed by atoms with van der Waals surface area (Å²) in [6.45, 7) is 0.457. The minimum atomic E-state index is 0.457. The van der Waals surface area contributed by atoms with E-state index in [9.17, 15) is 0 Å². The maximum Gasteiger partial charge on any atom is 0.207 e. The predicted molar refractivity (Wildman–Crippen MR) is 144 cm³/mol. The summed E-state index contributed by atoms with van der Waals surface area (Å²) in [6, 6.07) is 11.2. The summed E-state index contributed by atoms with van der Waals surface area (Å²) >= 11 is 30.2. The highest BCUT2D eigenvalue weighted by Gasteiger charge is 2.08. The van der Waals surface area contributed by atoms with Crippen molar-refractivity contribution in [1.29, 1.82) is 0 Å². The molecule has 33 heavy (non-hydrogen) atoms. The number of benzene rings is 2. The van der Waals surface area contributed by atoms with Crippen LogP contribution in [0.4, 0.5) is 10.3 Å². The van der Waals surface area contributed by atoms with E-state index in [4.69, 9.17) is 46.4 Å². The van der Waals surface area contributed by atoms with Gasteiger partial charge in [-0.15, -0.1) is 20.4 Å². The number of nitrogens with one attached hydrogen (secondary N) is 2. The van der Waals surface area contributed by atoms with Crippen molar-refractivity contribution >= 4 is 103 Å². The van der Waals surface area contributed by atoms with Crippen LogP contribution in [-0.4, -0.2) is 27.1 Å². The molecule has 0 radical (unpaired) electrons. The van der Waals surface area contributed by atoms with Crippen molar-refractivity contribution in [3.05, 3.63) is 67.6 Å². The molecule has 0 fully saturated rings. The highest BCUT2D eigenvalue weighted by Crippen LogP contribution is 2.32. The van der Waals surface area contributed by atoms with E-state index in [-0.39, 0.29) is 0 Å². The molecule has 0 atom stereocenters. The summed E-state index contributed by atoms with van der Waals surface area (Å²) in [4.78, 5) is 0. The van der Waals surface area contributed by atoms with Crippen LogP contribution in [0.1, 0.15) is 11.1 Å². The van der Waals surface area contributed by atoms with Gasteiger partial charge < -0.3 is 10.6 Å². The molecule has 2 aromatic carbocycles. The Hall–Kier alpha value is -0.980. The Balaban J connectivity index is 1.20. The fourth-order valence-electron chi connectivity index (χ4n) is 2.42. The lowest BCUT2D eigenvalue weighted by atomic mass is 10.2. The van der Waals surface area contributed by atoms with Gasteiger partial charge in [0.2, 0.25) is 10.3 Å². The molecule has 2 N–H and O–H groups in total. The van der Waals surface area contributed by atoms with Gasteiger partial charge in [0, 0.05) is 11.5 Å². The van der Waals surface area contributed by atoms with Gasteiger partial charge in [0.25, 0.3) is 0 Å².